The van der Waals surface area contributed by atoms with Gasteiger partial charge in [-0.05, 0) is 56.9 Å². The fourth-order valence-corrected chi connectivity index (χ4v) is 1.63. The van der Waals surface area contributed by atoms with Crippen LogP contribution in [0.5, 0.6) is 0 Å². The minimum atomic E-state index is 1.32. The number of hydrogen-bond donors (Lipinski definition) is 0. The van der Waals surface area contributed by atoms with Crippen molar-refractivity contribution in [1.29, 1.82) is 0 Å². The van der Waals surface area contributed by atoms with Gasteiger partial charge in [-0.1, -0.05) is 48.0 Å². The van der Waals surface area contributed by atoms with Crippen LogP contribution in [0.4, 0.5) is 0 Å². The molecular weight excluding hydrogens is 204 g/mol. The highest BCUT2D eigenvalue weighted by molar-refractivity contribution is 5.37. The maximum atomic E-state index is 2.18. The highest BCUT2D eigenvalue weighted by atomic mass is 14.0. The lowest BCUT2D eigenvalue weighted by Crippen LogP contribution is -1.88. The first kappa shape index (κ1) is 13.5. The normalized spacial score (nSPS) is 9.47. The molecule has 0 saturated heterocycles. The number of aryl methyl sites for hydroxylation is 3. The Morgan fingerprint density at radius 1 is 0.529 bits per heavy atom. The molecule has 0 N–H and O–H groups in total. The molecule has 2 aromatic carbocycles. The summed E-state index contributed by atoms with van der Waals surface area (Å²) in [5, 5.41) is 0. The Balaban J connectivity index is 0.000000181. The minimum Gasteiger partial charge on any atom is -0.0622 e. The molecule has 0 saturated carbocycles. The van der Waals surface area contributed by atoms with Gasteiger partial charge in [-0.15, -0.1) is 0 Å². The van der Waals surface area contributed by atoms with Gasteiger partial charge in [0.25, 0.3) is 0 Å². The predicted molar refractivity (Wildman–Crippen MR) is 76.6 cm³/mol. The van der Waals surface area contributed by atoms with E-state index >= 15 is 0 Å². The van der Waals surface area contributed by atoms with Crippen molar-refractivity contribution in [1.82, 2.24) is 0 Å². The van der Waals surface area contributed by atoms with E-state index in [1.54, 1.807) is 0 Å². The van der Waals surface area contributed by atoms with E-state index in [0.717, 1.165) is 0 Å². The van der Waals surface area contributed by atoms with Crippen LogP contribution in [0.15, 0.2) is 42.5 Å². The molecule has 0 bridgehead atoms. The van der Waals surface area contributed by atoms with Gasteiger partial charge in [0.2, 0.25) is 0 Å². The van der Waals surface area contributed by atoms with Crippen molar-refractivity contribution >= 4 is 0 Å². The third kappa shape index (κ3) is 4.07. The highest BCUT2D eigenvalue weighted by Gasteiger charge is 1.97. The summed E-state index contributed by atoms with van der Waals surface area (Å²) in [7, 11) is 0. The van der Waals surface area contributed by atoms with Gasteiger partial charge in [-0.25, -0.2) is 0 Å². The zero-order valence-corrected chi connectivity index (χ0v) is 11.5. The van der Waals surface area contributed by atoms with Gasteiger partial charge < -0.3 is 0 Å². The van der Waals surface area contributed by atoms with Crippen LogP contribution in [0.3, 0.4) is 0 Å². The number of hydrogen-bond acceptors (Lipinski definition) is 0. The summed E-state index contributed by atoms with van der Waals surface area (Å²) in [5.41, 5.74) is 6.97. The quantitative estimate of drug-likeness (QED) is 0.598. The zero-order valence-electron chi connectivity index (χ0n) is 11.5. The van der Waals surface area contributed by atoms with Crippen LogP contribution < -0.4 is 0 Å². The zero-order chi connectivity index (χ0) is 12.8. The van der Waals surface area contributed by atoms with Crippen molar-refractivity contribution in [3.05, 3.63) is 70.3 Å². The summed E-state index contributed by atoms with van der Waals surface area (Å²) in [6, 6.07) is 14.6. The smallest absolute Gasteiger partial charge is 0.0392 e. The van der Waals surface area contributed by atoms with E-state index in [9.17, 15) is 0 Å². The summed E-state index contributed by atoms with van der Waals surface area (Å²) in [5.74, 6) is 0. The van der Waals surface area contributed by atoms with Crippen LogP contribution in [-0.4, -0.2) is 0 Å². The molecule has 0 heterocycles. The lowest BCUT2D eigenvalue weighted by atomic mass is 10.0. The van der Waals surface area contributed by atoms with Crippen LogP contribution >= 0.6 is 0 Å². The van der Waals surface area contributed by atoms with Crippen LogP contribution in [0.25, 0.3) is 0 Å². The summed E-state index contributed by atoms with van der Waals surface area (Å²) in [6.45, 7) is 10.7. The predicted octanol–water partition coefficient (Wildman–Crippen LogP) is 4.92. The second kappa shape index (κ2) is 6.24. The van der Waals surface area contributed by atoms with Gasteiger partial charge in [-0.3, -0.25) is 0 Å². The fourth-order valence-electron chi connectivity index (χ4n) is 1.63. The topological polar surface area (TPSA) is 0 Å². The van der Waals surface area contributed by atoms with Gasteiger partial charge >= 0.3 is 0 Å². The molecule has 0 fully saturated rings. The third-order valence-electron chi connectivity index (χ3n) is 3.27. The van der Waals surface area contributed by atoms with Crippen LogP contribution in [0.2, 0.25) is 0 Å². The summed E-state index contributed by atoms with van der Waals surface area (Å²) in [6.07, 6.45) is 0. The van der Waals surface area contributed by atoms with E-state index in [0.29, 0.717) is 0 Å². The Hall–Kier alpha value is -1.56. The Kier molecular flexibility index (Phi) is 4.96. The average molecular weight is 226 g/mol. The molecule has 0 atom stereocenters. The first-order chi connectivity index (χ1) is 8.02. The van der Waals surface area contributed by atoms with Gasteiger partial charge in [0.1, 0.15) is 0 Å². The molecular formula is C17H22. The van der Waals surface area contributed by atoms with Gasteiger partial charge in [0.15, 0.2) is 0 Å². The molecule has 0 aliphatic heterocycles. The molecule has 0 aliphatic rings. The molecule has 0 unspecified atom stereocenters. The Morgan fingerprint density at radius 3 is 1.24 bits per heavy atom. The SMILES string of the molecule is Cc1ccc(C)c(C)c1C.Cc1ccccc1. The molecule has 2 rings (SSSR count). The summed E-state index contributed by atoms with van der Waals surface area (Å²) >= 11 is 0. The molecule has 0 spiro atoms. The summed E-state index contributed by atoms with van der Waals surface area (Å²) < 4.78 is 0. The van der Waals surface area contributed by atoms with Crippen molar-refractivity contribution in [3.8, 4) is 0 Å². The molecule has 0 aliphatic carbocycles. The van der Waals surface area contributed by atoms with Crippen LogP contribution in [-0.2, 0) is 0 Å². The first-order valence-corrected chi connectivity index (χ1v) is 6.07. The van der Waals surface area contributed by atoms with Crippen LogP contribution in [0.1, 0.15) is 27.8 Å². The van der Waals surface area contributed by atoms with E-state index in [4.69, 9.17) is 0 Å². The van der Waals surface area contributed by atoms with Crippen LogP contribution in [0, 0.1) is 34.6 Å². The monoisotopic (exact) mass is 226 g/mol. The van der Waals surface area contributed by atoms with Crippen molar-refractivity contribution in [2.45, 2.75) is 34.6 Å². The molecule has 0 aromatic heterocycles. The third-order valence-corrected chi connectivity index (χ3v) is 3.27. The molecule has 90 valence electrons. The molecule has 17 heavy (non-hydrogen) atoms. The van der Waals surface area contributed by atoms with E-state index in [2.05, 4.69) is 58.9 Å². The average Bonchev–Trinajstić information content (AvgIpc) is 2.33. The highest BCUT2D eigenvalue weighted by Crippen LogP contribution is 2.15. The second-order valence-corrected chi connectivity index (χ2v) is 4.60. The van der Waals surface area contributed by atoms with Crippen molar-refractivity contribution in [2.24, 2.45) is 0 Å². The standard InChI is InChI=1S/C10H14.C7H8/c1-7-5-6-8(2)10(4)9(7)3;1-7-5-3-2-4-6-7/h5-6H,1-4H3;2-6H,1H3. The minimum absolute atomic E-state index is 1.32. The molecule has 0 heteroatoms. The van der Waals surface area contributed by atoms with Crippen molar-refractivity contribution in [3.63, 3.8) is 0 Å². The number of rotatable bonds is 0. The van der Waals surface area contributed by atoms with E-state index < -0.39 is 0 Å². The van der Waals surface area contributed by atoms with Gasteiger partial charge in [0.05, 0.1) is 0 Å². The molecule has 0 amide bonds. The van der Waals surface area contributed by atoms with Crippen molar-refractivity contribution in [2.75, 3.05) is 0 Å². The van der Waals surface area contributed by atoms with Gasteiger partial charge in [-0.2, -0.15) is 0 Å². The lowest BCUT2D eigenvalue weighted by Gasteiger charge is -2.06. The van der Waals surface area contributed by atoms with E-state index in [-0.39, 0.29) is 0 Å². The Labute approximate surface area is 105 Å². The molecule has 0 radical (unpaired) electrons. The number of benzene rings is 2. The lowest BCUT2D eigenvalue weighted by molar-refractivity contribution is 1.22. The van der Waals surface area contributed by atoms with Gasteiger partial charge in [0, 0.05) is 0 Å². The largest absolute Gasteiger partial charge is 0.0622 e. The Morgan fingerprint density at radius 2 is 0.941 bits per heavy atom. The van der Waals surface area contributed by atoms with Crippen molar-refractivity contribution < 1.29 is 0 Å². The molecule has 0 nitrogen and oxygen atoms in total. The van der Waals surface area contributed by atoms with E-state index in [1.165, 1.54) is 27.8 Å². The first-order valence-electron chi connectivity index (χ1n) is 6.07. The van der Waals surface area contributed by atoms with E-state index in [1.807, 2.05) is 18.2 Å². The summed E-state index contributed by atoms with van der Waals surface area (Å²) in [4.78, 5) is 0. The fraction of sp³-hybridized carbons (Fsp3) is 0.294. The second-order valence-electron chi connectivity index (χ2n) is 4.60. The maximum Gasteiger partial charge on any atom is -0.0392 e. The maximum absolute atomic E-state index is 2.18. The Bertz CT molecular complexity index is 440. The molecule has 2 aromatic rings.